The molecule has 0 spiro atoms. The van der Waals surface area contributed by atoms with Crippen LogP contribution in [0.3, 0.4) is 0 Å². The van der Waals surface area contributed by atoms with Crippen LogP contribution >= 0.6 is 0 Å². The second kappa shape index (κ2) is 6.62. The van der Waals surface area contributed by atoms with E-state index in [0.717, 1.165) is 0 Å². The van der Waals surface area contributed by atoms with Gasteiger partial charge in [0.25, 0.3) is 11.5 Å². The maximum atomic E-state index is 10.9. The lowest BCUT2D eigenvalue weighted by molar-refractivity contribution is -0.166. The maximum Gasteiger partial charge on any atom is 0.350 e. The Labute approximate surface area is 99.1 Å². The highest BCUT2D eigenvalue weighted by molar-refractivity contribution is 6.05. The van der Waals surface area contributed by atoms with E-state index in [4.69, 9.17) is 10.8 Å². The molecule has 0 aromatic heterocycles. The summed E-state index contributed by atoms with van der Waals surface area (Å²) in [6, 6.07) is 7.28. The summed E-state index contributed by atoms with van der Waals surface area (Å²) >= 11 is 0. The van der Waals surface area contributed by atoms with E-state index in [0.29, 0.717) is 0 Å². The molecule has 1 amide bonds. The molecule has 0 saturated carbocycles. The van der Waals surface area contributed by atoms with Crippen molar-refractivity contribution in [2.24, 2.45) is 5.73 Å². The molecule has 0 fully saturated rings. The van der Waals surface area contributed by atoms with E-state index in [2.05, 4.69) is 5.32 Å². The first-order valence-electron chi connectivity index (χ1n) is 4.80. The quantitative estimate of drug-likeness (QED) is 0.521. The number of hydrogen-bond acceptors (Lipinski definition) is 4. The largest absolute Gasteiger partial charge is 0.478 e. The molecule has 1 rings (SSSR count). The Bertz CT molecular complexity index is 364. The number of aliphatic carboxylic acids is 1. The first-order chi connectivity index (χ1) is 7.91. The van der Waals surface area contributed by atoms with Crippen molar-refractivity contribution in [1.82, 2.24) is 5.32 Å². The molecule has 6 heteroatoms. The minimum atomic E-state index is -2.65. The van der Waals surface area contributed by atoms with E-state index < -0.39 is 17.5 Å². The highest BCUT2D eigenvalue weighted by Crippen LogP contribution is 2.20. The van der Waals surface area contributed by atoms with Crippen LogP contribution < -0.4 is 11.1 Å². The monoisotopic (exact) mass is 240 g/mol. The Morgan fingerprint density at radius 1 is 1.24 bits per heavy atom. The zero-order chi connectivity index (χ0) is 13.5. The topological polar surface area (TPSA) is 113 Å². The van der Waals surface area contributed by atoms with E-state index in [-0.39, 0.29) is 5.56 Å². The number of benzene rings is 1. The third-order valence-corrected chi connectivity index (χ3v) is 1.86. The van der Waals surface area contributed by atoms with Crippen molar-refractivity contribution >= 4 is 11.9 Å². The number of hydrogen-bond donors (Lipinski definition) is 4. The Hall–Kier alpha value is -1.92. The minimum Gasteiger partial charge on any atom is -0.478 e. The van der Waals surface area contributed by atoms with Crippen LogP contribution in [0, 0.1) is 0 Å². The molecule has 1 aromatic rings. The zero-order valence-corrected chi connectivity index (χ0v) is 9.68. The number of carboxylic acid groups (broad SMARTS) is 1. The van der Waals surface area contributed by atoms with Crippen molar-refractivity contribution in [3.8, 4) is 0 Å². The highest BCUT2D eigenvalue weighted by atomic mass is 16.4. The minimum absolute atomic E-state index is 0.0556. The molecule has 1 aromatic carbocycles. The first-order valence-corrected chi connectivity index (χ1v) is 4.80. The lowest BCUT2D eigenvalue weighted by Gasteiger charge is -2.19. The van der Waals surface area contributed by atoms with Crippen LogP contribution in [0.2, 0.25) is 0 Å². The maximum absolute atomic E-state index is 10.9. The van der Waals surface area contributed by atoms with Crippen LogP contribution in [0.25, 0.3) is 0 Å². The Morgan fingerprint density at radius 2 is 1.65 bits per heavy atom. The zero-order valence-electron chi connectivity index (χ0n) is 9.68. The molecule has 0 heterocycles. The van der Waals surface area contributed by atoms with Gasteiger partial charge in [-0.3, -0.25) is 4.79 Å². The number of carboxylic acids is 1. The van der Waals surface area contributed by atoms with Gasteiger partial charge in [-0.25, -0.2) is 4.79 Å². The van der Waals surface area contributed by atoms with Gasteiger partial charge in [-0.05, 0) is 14.1 Å². The Kier molecular flexibility index (Phi) is 5.87. The fraction of sp³-hybridized carbons (Fsp3) is 0.273. The molecule has 0 bridgehead atoms. The second-order valence-electron chi connectivity index (χ2n) is 3.25. The van der Waals surface area contributed by atoms with Crippen LogP contribution in [0.1, 0.15) is 5.56 Å². The third-order valence-electron chi connectivity index (χ3n) is 1.86. The fourth-order valence-electron chi connectivity index (χ4n) is 1.05. The number of rotatable bonds is 3. The molecule has 6 nitrogen and oxygen atoms in total. The summed E-state index contributed by atoms with van der Waals surface area (Å²) in [5.41, 5.74) is 2.13. The van der Waals surface area contributed by atoms with Crippen molar-refractivity contribution in [2.75, 3.05) is 14.1 Å². The lowest BCUT2D eigenvalue weighted by Crippen LogP contribution is -2.47. The van der Waals surface area contributed by atoms with Gasteiger partial charge in [0.05, 0.1) is 0 Å². The van der Waals surface area contributed by atoms with Gasteiger partial charge in [0.15, 0.2) is 0 Å². The van der Waals surface area contributed by atoms with Gasteiger partial charge in [-0.1, -0.05) is 30.3 Å². The number of aliphatic hydroxyl groups is 1. The van der Waals surface area contributed by atoms with E-state index in [1.807, 2.05) is 14.1 Å². The van der Waals surface area contributed by atoms with Gasteiger partial charge >= 0.3 is 5.97 Å². The Balaban J connectivity index is 0.000000770. The normalized spacial score (nSPS) is 12.9. The molecule has 0 aliphatic carbocycles. The molecule has 1 atom stereocenters. The molecule has 0 radical (unpaired) electrons. The van der Waals surface area contributed by atoms with Gasteiger partial charge in [-0.2, -0.15) is 0 Å². The number of carbonyl (C=O) groups excluding carboxylic acids is 1. The molecule has 0 saturated heterocycles. The molecular weight excluding hydrogens is 224 g/mol. The standard InChI is InChI=1S/C9H9NO4.C2H7N/c10-7(11)9(14,8(12)13)6-4-2-1-3-5-6;1-3-2/h1-5,14H,(H2,10,11)(H,12,13);3H,1-2H3. The number of nitrogens with two attached hydrogens (primary N) is 1. The predicted octanol–water partition coefficient (Wildman–Crippen LogP) is -0.720. The summed E-state index contributed by atoms with van der Waals surface area (Å²) < 4.78 is 0. The van der Waals surface area contributed by atoms with Crippen molar-refractivity contribution in [3.63, 3.8) is 0 Å². The molecule has 1 unspecified atom stereocenters. The van der Waals surface area contributed by atoms with Crippen molar-refractivity contribution in [3.05, 3.63) is 35.9 Å². The van der Waals surface area contributed by atoms with Crippen molar-refractivity contribution in [2.45, 2.75) is 5.60 Å². The van der Waals surface area contributed by atoms with Gasteiger partial charge in [0, 0.05) is 5.56 Å². The summed E-state index contributed by atoms with van der Waals surface area (Å²) in [7, 11) is 3.75. The van der Waals surface area contributed by atoms with Crippen LogP contribution in [-0.2, 0) is 15.2 Å². The van der Waals surface area contributed by atoms with E-state index >= 15 is 0 Å². The van der Waals surface area contributed by atoms with Crippen LogP contribution in [-0.4, -0.2) is 36.2 Å². The van der Waals surface area contributed by atoms with E-state index in [1.165, 1.54) is 24.3 Å². The predicted molar refractivity (Wildman–Crippen MR) is 62.2 cm³/mol. The average molecular weight is 240 g/mol. The molecule has 94 valence electrons. The lowest BCUT2D eigenvalue weighted by atomic mass is 9.93. The smallest absolute Gasteiger partial charge is 0.350 e. The second-order valence-corrected chi connectivity index (χ2v) is 3.25. The van der Waals surface area contributed by atoms with Gasteiger partial charge < -0.3 is 21.3 Å². The van der Waals surface area contributed by atoms with Gasteiger partial charge in [0.2, 0.25) is 0 Å². The molecule has 17 heavy (non-hydrogen) atoms. The average Bonchev–Trinajstić information content (AvgIpc) is 2.29. The van der Waals surface area contributed by atoms with E-state index in [9.17, 15) is 14.7 Å². The summed E-state index contributed by atoms with van der Waals surface area (Å²) in [6.45, 7) is 0. The van der Waals surface area contributed by atoms with Crippen LogP contribution in [0.5, 0.6) is 0 Å². The fourth-order valence-corrected chi connectivity index (χ4v) is 1.05. The number of amides is 1. The molecule has 0 aliphatic rings. The number of primary amides is 1. The number of nitrogens with one attached hydrogen (secondary N) is 1. The summed E-state index contributed by atoms with van der Waals surface area (Å²) in [5.74, 6) is -2.99. The van der Waals surface area contributed by atoms with E-state index in [1.54, 1.807) is 6.07 Å². The molecular formula is C11H16N2O4. The van der Waals surface area contributed by atoms with Crippen molar-refractivity contribution in [1.29, 1.82) is 0 Å². The SMILES string of the molecule is CNC.NC(=O)C(O)(C(=O)O)c1ccccc1. The highest BCUT2D eigenvalue weighted by Gasteiger charge is 2.44. The Morgan fingerprint density at radius 3 is 1.94 bits per heavy atom. The first kappa shape index (κ1) is 15.1. The summed E-state index contributed by atoms with van der Waals surface area (Å²) in [5, 5.41) is 21.0. The number of carbonyl (C=O) groups is 2. The van der Waals surface area contributed by atoms with Crippen LogP contribution in [0.4, 0.5) is 0 Å². The molecule has 5 N–H and O–H groups in total. The van der Waals surface area contributed by atoms with Crippen molar-refractivity contribution < 1.29 is 19.8 Å². The van der Waals surface area contributed by atoms with Gasteiger partial charge in [-0.15, -0.1) is 0 Å². The molecule has 0 aliphatic heterocycles. The third kappa shape index (κ3) is 3.54. The van der Waals surface area contributed by atoms with Crippen LogP contribution in [0.15, 0.2) is 30.3 Å². The van der Waals surface area contributed by atoms with Gasteiger partial charge in [0.1, 0.15) is 0 Å². The summed E-state index contributed by atoms with van der Waals surface area (Å²) in [4.78, 5) is 21.6. The summed E-state index contributed by atoms with van der Waals surface area (Å²) in [6.07, 6.45) is 0.